The van der Waals surface area contributed by atoms with E-state index in [-0.39, 0.29) is 30.0 Å². The molecule has 0 radical (unpaired) electrons. The van der Waals surface area contributed by atoms with E-state index in [1.165, 1.54) is 0 Å². The molecule has 1 aliphatic rings. The summed E-state index contributed by atoms with van der Waals surface area (Å²) in [5, 5.41) is 4.39. The van der Waals surface area contributed by atoms with Crippen LogP contribution in [-0.4, -0.2) is 12.0 Å². The molecule has 1 saturated carbocycles. The Bertz CT molecular complexity index is 447. The number of nitrogens with zero attached hydrogens (tertiary/aromatic N) is 1. The lowest BCUT2D eigenvalue weighted by molar-refractivity contribution is 0.708. The summed E-state index contributed by atoms with van der Waals surface area (Å²) in [7, 11) is 0. The lowest BCUT2D eigenvalue weighted by Gasteiger charge is -2.16. The Morgan fingerprint density at radius 1 is 1.44 bits per heavy atom. The fourth-order valence-electron chi connectivity index (χ4n) is 1.59. The minimum atomic E-state index is 0. The van der Waals surface area contributed by atoms with E-state index in [0.717, 1.165) is 18.4 Å². The molecule has 0 saturated heterocycles. The molecule has 0 heterocycles. The number of hydrogen-bond donors (Lipinski definition) is 2. The third-order valence-corrected chi connectivity index (χ3v) is 3.22. The second-order valence-electron chi connectivity index (χ2n) is 4.28. The van der Waals surface area contributed by atoms with Gasteiger partial charge in [0.15, 0.2) is 5.96 Å². The molecule has 18 heavy (non-hydrogen) atoms. The van der Waals surface area contributed by atoms with Gasteiger partial charge in [0.1, 0.15) is 0 Å². The summed E-state index contributed by atoms with van der Waals surface area (Å²) >= 11 is 12.0. The highest BCUT2D eigenvalue weighted by atomic mass is 127. The summed E-state index contributed by atoms with van der Waals surface area (Å²) in [6.45, 7) is 1.99. The first kappa shape index (κ1) is 15.9. The maximum Gasteiger partial charge on any atom is 0.189 e. The fraction of sp³-hybridized carbons (Fsp3) is 0.417. The minimum Gasteiger partial charge on any atom is -0.370 e. The fourth-order valence-corrected chi connectivity index (χ4v) is 2.16. The molecule has 0 bridgehead atoms. The predicted molar refractivity (Wildman–Crippen MR) is 88.1 cm³/mol. The van der Waals surface area contributed by atoms with Gasteiger partial charge in [-0.2, -0.15) is 0 Å². The number of hydrogen-bond acceptors (Lipinski definition) is 1. The molecular weight excluding hydrogens is 384 g/mol. The first-order valence-electron chi connectivity index (χ1n) is 5.61. The number of nitrogens with two attached hydrogens (primary N) is 1. The van der Waals surface area contributed by atoms with Gasteiger partial charge in [0, 0.05) is 10.0 Å². The van der Waals surface area contributed by atoms with Crippen LogP contribution in [0, 0.1) is 0 Å². The molecule has 0 amide bonds. The summed E-state index contributed by atoms with van der Waals surface area (Å²) in [5.41, 5.74) is 6.77. The Balaban J connectivity index is 0.00000162. The van der Waals surface area contributed by atoms with Crippen molar-refractivity contribution in [3.8, 4) is 0 Å². The average Bonchev–Trinajstić information content (AvgIpc) is 3.00. The quantitative estimate of drug-likeness (QED) is 0.462. The number of guanidine groups is 1. The van der Waals surface area contributed by atoms with Gasteiger partial charge in [-0.1, -0.05) is 29.3 Å². The summed E-state index contributed by atoms with van der Waals surface area (Å²) in [6.07, 6.45) is 2.27. The van der Waals surface area contributed by atoms with Crippen LogP contribution in [0.5, 0.6) is 0 Å². The molecule has 3 nitrogen and oxygen atoms in total. The highest BCUT2D eigenvalue weighted by Gasteiger charge is 2.21. The molecule has 3 N–H and O–H groups in total. The number of benzene rings is 1. The van der Waals surface area contributed by atoms with E-state index in [4.69, 9.17) is 28.9 Å². The molecule has 1 unspecified atom stereocenters. The molecule has 1 aliphatic carbocycles. The Morgan fingerprint density at radius 3 is 2.67 bits per heavy atom. The van der Waals surface area contributed by atoms with Crippen molar-refractivity contribution in [2.24, 2.45) is 10.7 Å². The van der Waals surface area contributed by atoms with Crippen molar-refractivity contribution in [3.63, 3.8) is 0 Å². The van der Waals surface area contributed by atoms with Crippen molar-refractivity contribution < 1.29 is 0 Å². The number of nitrogens with one attached hydrogen (secondary N) is 1. The summed E-state index contributed by atoms with van der Waals surface area (Å²) in [6, 6.07) is 5.87. The summed E-state index contributed by atoms with van der Waals surface area (Å²) in [5.74, 6) is 0.478. The van der Waals surface area contributed by atoms with Gasteiger partial charge in [-0.15, -0.1) is 24.0 Å². The van der Waals surface area contributed by atoms with Crippen molar-refractivity contribution >= 4 is 53.1 Å². The van der Waals surface area contributed by atoms with Crippen LogP contribution in [-0.2, 0) is 0 Å². The molecule has 1 aromatic rings. The van der Waals surface area contributed by atoms with Crippen LogP contribution in [0.2, 0.25) is 10.0 Å². The lowest BCUT2D eigenvalue weighted by atomic mass is 10.1. The Kier molecular flexibility index (Phi) is 6.01. The summed E-state index contributed by atoms with van der Waals surface area (Å²) in [4.78, 5) is 4.32. The molecule has 2 rings (SSSR count). The molecule has 100 valence electrons. The van der Waals surface area contributed by atoms with E-state index in [1.54, 1.807) is 6.07 Å². The van der Waals surface area contributed by atoms with E-state index in [1.807, 2.05) is 19.1 Å². The van der Waals surface area contributed by atoms with E-state index in [0.29, 0.717) is 22.0 Å². The lowest BCUT2D eigenvalue weighted by Crippen LogP contribution is -2.34. The van der Waals surface area contributed by atoms with Gasteiger partial charge in [-0.3, -0.25) is 4.99 Å². The number of aliphatic imine (C=N–C) groups is 1. The highest BCUT2D eigenvalue weighted by molar-refractivity contribution is 14.0. The van der Waals surface area contributed by atoms with Gasteiger partial charge in [-0.05, 0) is 37.5 Å². The number of rotatable bonds is 3. The third kappa shape index (κ3) is 4.48. The zero-order chi connectivity index (χ0) is 12.4. The molecule has 6 heteroatoms. The molecule has 0 aliphatic heterocycles. The average molecular weight is 400 g/mol. The number of halogens is 3. The zero-order valence-electron chi connectivity index (χ0n) is 9.99. The van der Waals surface area contributed by atoms with Crippen LogP contribution in [0.15, 0.2) is 23.2 Å². The monoisotopic (exact) mass is 399 g/mol. The van der Waals surface area contributed by atoms with Crippen molar-refractivity contribution in [3.05, 3.63) is 33.8 Å². The molecule has 1 fully saturated rings. The second kappa shape index (κ2) is 6.82. The van der Waals surface area contributed by atoms with Gasteiger partial charge >= 0.3 is 0 Å². The van der Waals surface area contributed by atoms with Gasteiger partial charge in [-0.25, -0.2) is 0 Å². The standard InChI is InChI=1S/C12H15Cl2N3.HI/c1-7(16-12(15)17-9-3-4-9)10-5-2-8(13)6-11(10)14;/h2,5-7,9H,3-4H2,1H3,(H3,15,16,17);1H. The second-order valence-corrected chi connectivity index (χ2v) is 5.12. The molecule has 0 spiro atoms. The maximum atomic E-state index is 6.12. The highest BCUT2D eigenvalue weighted by Crippen LogP contribution is 2.26. The third-order valence-electron chi connectivity index (χ3n) is 2.66. The smallest absolute Gasteiger partial charge is 0.189 e. The molecule has 1 atom stereocenters. The maximum absolute atomic E-state index is 6.12. The van der Waals surface area contributed by atoms with Gasteiger partial charge < -0.3 is 11.1 Å². The van der Waals surface area contributed by atoms with E-state index in [9.17, 15) is 0 Å². The van der Waals surface area contributed by atoms with Crippen molar-refractivity contribution in [1.29, 1.82) is 0 Å². The van der Waals surface area contributed by atoms with Crippen LogP contribution in [0.4, 0.5) is 0 Å². The Morgan fingerprint density at radius 2 is 2.11 bits per heavy atom. The summed E-state index contributed by atoms with van der Waals surface area (Å²) < 4.78 is 0. The van der Waals surface area contributed by atoms with E-state index < -0.39 is 0 Å². The van der Waals surface area contributed by atoms with Crippen molar-refractivity contribution in [1.82, 2.24) is 5.32 Å². The largest absolute Gasteiger partial charge is 0.370 e. The Labute approximate surface area is 134 Å². The van der Waals surface area contributed by atoms with Crippen LogP contribution >= 0.6 is 47.2 Å². The van der Waals surface area contributed by atoms with Gasteiger partial charge in [0.05, 0.1) is 12.1 Å². The minimum absolute atomic E-state index is 0. The SMILES string of the molecule is CC(NC(N)=NC1CC1)c1ccc(Cl)cc1Cl.I. The van der Waals surface area contributed by atoms with Crippen LogP contribution < -0.4 is 11.1 Å². The van der Waals surface area contributed by atoms with Crippen LogP contribution in [0.3, 0.4) is 0 Å². The predicted octanol–water partition coefficient (Wildman–Crippen LogP) is 3.74. The topological polar surface area (TPSA) is 50.4 Å². The molecule has 0 aromatic heterocycles. The van der Waals surface area contributed by atoms with Crippen molar-refractivity contribution in [2.45, 2.75) is 31.8 Å². The molecule has 1 aromatic carbocycles. The van der Waals surface area contributed by atoms with Crippen molar-refractivity contribution in [2.75, 3.05) is 0 Å². The normalized spacial score (nSPS) is 16.9. The van der Waals surface area contributed by atoms with Crippen LogP contribution in [0.25, 0.3) is 0 Å². The van der Waals surface area contributed by atoms with E-state index in [2.05, 4.69) is 10.3 Å². The Hall–Kier alpha value is -0.200. The van der Waals surface area contributed by atoms with Crippen LogP contribution in [0.1, 0.15) is 31.4 Å². The first-order chi connectivity index (χ1) is 8.06. The van der Waals surface area contributed by atoms with Gasteiger partial charge in [0.2, 0.25) is 0 Å². The zero-order valence-corrected chi connectivity index (χ0v) is 13.8. The first-order valence-corrected chi connectivity index (χ1v) is 6.36. The van der Waals surface area contributed by atoms with Gasteiger partial charge in [0.25, 0.3) is 0 Å². The molecular formula is C12H16Cl2IN3. The van der Waals surface area contributed by atoms with E-state index >= 15 is 0 Å².